The number of halogens is 3. The average Bonchev–Trinajstić information content (AvgIpc) is 3.20. The predicted octanol–water partition coefficient (Wildman–Crippen LogP) is 3.23. The Morgan fingerprint density at radius 3 is 2.64 bits per heavy atom. The molecule has 1 aliphatic carbocycles. The third-order valence-corrected chi connectivity index (χ3v) is 3.88. The van der Waals surface area contributed by atoms with E-state index in [0.717, 1.165) is 0 Å². The summed E-state index contributed by atoms with van der Waals surface area (Å²) in [5, 5.41) is 2.52. The first-order chi connectivity index (χ1) is 10.3. The lowest BCUT2D eigenvalue weighted by molar-refractivity contribution is -0.147. The number of aromatic nitrogens is 2. The summed E-state index contributed by atoms with van der Waals surface area (Å²) in [4.78, 5) is 19.1. The summed E-state index contributed by atoms with van der Waals surface area (Å²) in [5.41, 5.74) is -2.09. The van der Waals surface area contributed by atoms with Gasteiger partial charge in [0.15, 0.2) is 17.3 Å². The number of hydrogen-bond acceptors (Lipinski definition) is 5. The highest BCUT2D eigenvalue weighted by Gasteiger charge is 2.49. The van der Waals surface area contributed by atoms with Crippen molar-refractivity contribution in [3.63, 3.8) is 0 Å². The summed E-state index contributed by atoms with van der Waals surface area (Å²) in [7, 11) is 0. The lowest BCUT2D eigenvalue weighted by Crippen LogP contribution is -2.32. The van der Waals surface area contributed by atoms with Gasteiger partial charge in [0.1, 0.15) is 5.69 Å². The minimum atomic E-state index is -1.76. The number of nitrogens with one attached hydrogen (secondary N) is 1. The predicted molar refractivity (Wildman–Crippen MR) is 77.9 cm³/mol. The van der Waals surface area contributed by atoms with Crippen LogP contribution in [0.15, 0.2) is 0 Å². The lowest BCUT2D eigenvalue weighted by atomic mass is 10.0. The fraction of sp³-hybridized carbons (Fsp3) is 0.643. The standard InChI is InChI=1S/C14H18ClF2N3O2/c1-4-22-12(21)7(2)8(3)18-11-9(16)10(14(17)5-6-14)19-13(15)20-11/h7-8H,4-6H2,1-3H3,(H,18,19,20)/t7-,8-/m0/s1. The molecule has 122 valence electrons. The number of hydrogen-bond donors (Lipinski definition) is 1. The highest BCUT2D eigenvalue weighted by molar-refractivity contribution is 6.28. The van der Waals surface area contributed by atoms with Gasteiger partial charge in [0, 0.05) is 6.04 Å². The number of esters is 1. The van der Waals surface area contributed by atoms with Crippen molar-refractivity contribution >= 4 is 23.4 Å². The van der Waals surface area contributed by atoms with Crippen LogP contribution in [0.2, 0.25) is 5.28 Å². The molecule has 0 aliphatic heterocycles. The van der Waals surface area contributed by atoms with E-state index >= 15 is 0 Å². The molecule has 0 amide bonds. The van der Waals surface area contributed by atoms with Crippen LogP contribution in [0, 0.1) is 11.7 Å². The Morgan fingerprint density at radius 1 is 1.45 bits per heavy atom. The maximum atomic E-state index is 14.4. The minimum absolute atomic E-state index is 0.206. The van der Waals surface area contributed by atoms with Crippen LogP contribution < -0.4 is 5.32 Å². The number of nitrogens with zero attached hydrogens (tertiary/aromatic N) is 2. The molecule has 0 radical (unpaired) electrons. The first-order valence-electron chi connectivity index (χ1n) is 7.14. The number of ether oxygens (including phenoxy) is 1. The second-order valence-electron chi connectivity index (χ2n) is 5.44. The van der Waals surface area contributed by atoms with Gasteiger partial charge in [-0.15, -0.1) is 0 Å². The minimum Gasteiger partial charge on any atom is -0.466 e. The molecule has 1 aromatic rings. The van der Waals surface area contributed by atoms with Crippen molar-refractivity contribution in [2.45, 2.75) is 45.3 Å². The molecular weight excluding hydrogens is 316 g/mol. The maximum Gasteiger partial charge on any atom is 0.310 e. The Balaban J connectivity index is 2.19. The molecule has 1 saturated carbocycles. The van der Waals surface area contributed by atoms with Crippen LogP contribution >= 0.6 is 11.6 Å². The number of alkyl halides is 1. The number of rotatable bonds is 6. The Morgan fingerprint density at radius 2 is 2.09 bits per heavy atom. The van der Waals surface area contributed by atoms with Gasteiger partial charge in [-0.1, -0.05) is 0 Å². The van der Waals surface area contributed by atoms with Crippen LogP contribution in [-0.4, -0.2) is 28.6 Å². The van der Waals surface area contributed by atoms with Crippen molar-refractivity contribution < 1.29 is 18.3 Å². The molecule has 0 saturated heterocycles. The van der Waals surface area contributed by atoms with Crippen LogP contribution in [0.1, 0.15) is 39.3 Å². The molecule has 0 spiro atoms. The van der Waals surface area contributed by atoms with Gasteiger partial charge >= 0.3 is 5.97 Å². The third-order valence-electron chi connectivity index (χ3n) is 3.71. The first kappa shape index (κ1) is 16.9. The van der Waals surface area contributed by atoms with Crippen molar-refractivity contribution in [1.29, 1.82) is 0 Å². The second-order valence-corrected chi connectivity index (χ2v) is 5.78. The molecule has 5 nitrogen and oxygen atoms in total. The Hall–Kier alpha value is -1.50. The van der Waals surface area contributed by atoms with Gasteiger partial charge in [-0.25, -0.2) is 13.8 Å². The summed E-state index contributed by atoms with van der Waals surface area (Å²) in [6.07, 6.45) is 0.428. The SMILES string of the molecule is CCOC(=O)[C@@H](C)[C@H](C)Nc1nc(Cl)nc(C2(F)CC2)c1F. The molecule has 0 bridgehead atoms. The highest BCUT2D eigenvalue weighted by atomic mass is 35.5. The third kappa shape index (κ3) is 3.45. The average molecular weight is 334 g/mol. The summed E-state index contributed by atoms with van der Waals surface area (Å²) >= 11 is 5.74. The fourth-order valence-electron chi connectivity index (χ4n) is 1.98. The van der Waals surface area contributed by atoms with E-state index in [-0.39, 0.29) is 36.2 Å². The van der Waals surface area contributed by atoms with E-state index in [0.29, 0.717) is 0 Å². The van der Waals surface area contributed by atoms with Gasteiger partial charge in [0.25, 0.3) is 0 Å². The van der Waals surface area contributed by atoms with E-state index in [2.05, 4.69) is 15.3 Å². The van der Waals surface area contributed by atoms with E-state index in [1.807, 2.05) is 0 Å². The Bertz CT molecular complexity index is 581. The summed E-state index contributed by atoms with van der Waals surface area (Å²) in [6, 6.07) is -0.470. The molecule has 8 heteroatoms. The maximum absolute atomic E-state index is 14.4. The van der Waals surface area contributed by atoms with Crippen molar-refractivity contribution in [2.75, 3.05) is 11.9 Å². The molecule has 2 rings (SSSR count). The quantitative estimate of drug-likeness (QED) is 0.639. The summed E-state index contributed by atoms with van der Waals surface area (Å²) in [6.45, 7) is 5.29. The van der Waals surface area contributed by atoms with Gasteiger partial charge in [0.2, 0.25) is 5.28 Å². The van der Waals surface area contributed by atoms with Crippen molar-refractivity contribution in [3.8, 4) is 0 Å². The molecule has 1 aliphatic rings. The van der Waals surface area contributed by atoms with E-state index < -0.39 is 29.4 Å². The van der Waals surface area contributed by atoms with E-state index in [4.69, 9.17) is 16.3 Å². The van der Waals surface area contributed by atoms with E-state index in [9.17, 15) is 13.6 Å². The Labute approximate surface area is 132 Å². The topological polar surface area (TPSA) is 64.1 Å². The fourth-order valence-corrected chi connectivity index (χ4v) is 2.15. The second kappa shape index (κ2) is 6.32. The van der Waals surface area contributed by atoms with Crippen molar-refractivity contribution in [1.82, 2.24) is 9.97 Å². The zero-order valence-electron chi connectivity index (χ0n) is 12.6. The van der Waals surface area contributed by atoms with Gasteiger partial charge in [-0.3, -0.25) is 4.79 Å². The van der Waals surface area contributed by atoms with Crippen LogP contribution in [0.25, 0.3) is 0 Å². The number of carbonyl (C=O) groups excluding carboxylic acids is 1. The molecule has 0 unspecified atom stereocenters. The van der Waals surface area contributed by atoms with Crippen LogP contribution in [-0.2, 0) is 15.2 Å². The molecule has 0 aromatic carbocycles. The van der Waals surface area contributed by atoms with Gasteiger partial charge in [-0.2, -0.15) is 4.98 Å². The molecule has 22 heavy (non-hydrogen) atoms. The van der Waals surface area contributed by atoms with Gasteiger partial charge in [0.05, 0.1) is 12.5 Å². The number of carbonyl (C=O) groups is 1. The van der Waals surface area contributed by atoms with Gasteiger partial charge in [-0.05, 0) is 45.2 Å². The summed E-state index contributed by atoms with van der Waals surface area (Å²) in [5.74, 6) is -2.01. The van der Waals surface area contributed by atoms with Crippen LogP contribution in [0.3, 0.4) is 0 Å². The van der Waals surface area contributed by atoms with Crippen LogP contribution in [0.4, 0.5) is 14.6 Å². The summed E-state index contributed by atoms with van der Waals surface area (Å²) < 4.78 is 33.4. The highest BCUT2D eigenvalue weighted by Crippen LogP contribution is 2.50. The van der Waals surface area contributed by atoms with Crippen LogP contribution in [0.5, 0.6) is 0 Å². The van der Waals surface area contributed by atoms with E-state index in [1.165, 1.54) is 0 Å². The largest absolute Gasteiger partial charge is 0.466 e. The monoisotopic (exact) mass is 333 g/mol. The van der Waals surface area contributed by atoms with Gasteiger partial charge < -0.3 is 10.1 Å². The number of anilines is 1. The van der Waals surface area contributed by atoms with E-state index in [1.54, 1.807) is 20.8 Å². The molecule has 1 fully saturated rings. The molecule has 2 atom stereocenters. The molecular formula is C14H18ClF2N3O2. The zero-order valence-corrected chi connectivity index (χ0v) is 13.4. The first-order valence-corrected chi connectivity index (χ1v) is 7.52. The lowest BCUT2D eigenvalue weighted by Gasteiger charge is -2.21. The zero-order chi connectivity index (χ0) is 16.5. The Kier molecular flexibility index (Phi) is 4.84. The van der Waals surface area contributed by atoms with Crippen molar-refractivity contribution in [2.24, 2.45) is 5.92 Å². The molecule has 1 aromatic heterocycles. The normalized spacial score (nSPS) is 18.5. The smallest absolute Gasteiger partial charge is 0.310 e. The molecule has 1 heterocycles. The van der Waals surface area contributed by atoms with Crippen molar-refractivity contribution in [3.05, 3.63) is 16.8 Å². The molecule has 1 N–H and O–H groups in total.